The number of aliphatic imine (C=N–C) groups is 1. The molecule has 0 saturated carbocycles. The molecule has 0 atom stereocenters. The van der Waals surface area contributed by atoms with E-state index in [1.165, 1.54) is 20.2 Å². The first-order valence-electron chi connectivity index (χ1n) is 15.8. The predicted molar refractivity (Wildman–Crippen MR) is 195 cm³/mol. The smallest absolute Gasteiger partial charge is 0.266 e. The summed E-state index contributed by atoms with van der Waals surface area (Å²) in [4.78, 5) is 4.79. The maximum absolute atomic E-state index is 14.0. The number of benzene rings is 5. The zero-order valence-corrected chi connectivity index (χ0v) is 28.9. The van der Waals surface area contributed by atoms with E-state index < -0.39 is 20.0 Å². The molecule has 2 heterocycles. The van der Waals surface area contributed by atoms with Gasteiger partial charge in [0.15, 0.2) is 0 Å². The Morgan fingerprint density at radius 1 is 0.740 bits per heavy atom. The Balaban J connectivity index is 1.41. The number of nitrogens with zero attached hydrogens (tertiary/aromatic N) is 7. The van der Waals surface area contributed by atoms with Crippen molar-refractivity contribution in [2.45, 2.75) is 23.6 Å². The van der Waals surface area contributed by atoms with Gasteiger partial charge in [-0.3, -0.25) is 10.0 Å². The molecule has 1 saturated heterocycles. The van der Waals surface area contributed by atoms with Gasteiger partial charge in [0.05, 0.1) is 47.8 Å². The monoisotopic (exact) mass is 705 g/mol. The molecule has 0 aliphatic carbocycles. The van der Waals surface area contributed by atoms with Crippen molar-refractivity contribution in [2.75, 3.05) is 36.2 Å². The van der Waals surface area contributed by atoms with Crippen molar-refractivity contribution in [3.8, 4) is 0 Å². The van der Waals surface area contributed by atoms with Crippen molar-refractivity contribution in [3.63, 3.8) is 0 Å². The van der Waals surface area contributed by atoms with E-state index in [0.717, 1.165) is 11.1 Å². The first kappa shape index (κ1) is 33.3. The highest BCUT2D eigenvalue weighted by molar-refractivity contribution is 7.90. The third-order valence-corrected chi connectivity index (χ3v) is 12.3. The number of fused-ring (bicyclic) bond motifs is 2. The summed E-state index contributed by atoms with van der Waals surface area (Å²) >= 11 is 0. The summed E-state index contributed by atoms with van der Waals surface area (Å²) in [7, 11) is -2.09. The van der Waals surface area contributed by atoms with Crippen LogP contribution >= 0.6 is 0 Å². The number of sulfonamides is 2. The van der Waals surface area contributed by atoms with Crippen molar-refractivity contribution in [1.82, 2.24) is 19.8 Å². The van der Waals surface area contributed by atoms with Gasteiger partial charge in [-0.1, -0.05) is 83.9 Å². The van der Waals surface area contributed by atoms with E-state index in [-0.39, 0.29) is 41.2 Å². The lowest BCUT2D eigenvalue weighted by atomic mass is 9.97. The average molecular weight is 706 g/mol. The second kappa shape index (κ2) is 12.9. The van der Waals surface area contributed by atoms with Crippen molar-refractivity contribution in [1.29, 1.82) is 0 Å². The van der Waals surface area contributed by atoms with E-state index in [4.69, 9.17) is 12.1 Å². The van der Waals surface area contributed by atoms with Gasteiger partial charge in [0, 0.05) is 28.1 Å². The van der Waals surface area contributed by atoms with Gasteiger partial charge in [-0.25, -0.2) is 30.5 Å². The fourth-order valence-electron chi connectivity index (χ4n) is 6.19. The molecule has 5 aromatic carbocycles. The Morgan fingerprint density at radius 2 is 1.22 bits per heavy atom. The minimum atomic E-state index is -4.03. The summed E-state index contributed by atoms with van der Waals surface area (Å²) in [5, 5.41) is 12.4. The van der Waals surface area contributed by atoms with Crippen LogP contribution in [0, 0.1) is 27.4 Å². The predicted octanol–water partition coefficient (Wildman–Crippen LogP) is 4.70. The van der Waals surface area contributed by atoms with Gasteiger partial charge in [0.25, 0.3) is 20.0 Å². The first-order valence-corrected chi connectivity index (χ1v) is 18.7. The van der Waals surface area contributed by atoms with E-state index in [1.54, 1.807) is 72.8 Å². The molecule has 253 valence electrons. The molecule has 12 nitrogen and oxygen atoms in total. The average Bonchev–Trinajstić information content (AvgIpc) is 3.78. The highest BCUT2D eigenvalue weighted by Crippen LogP contribution is 2.43. The van der Waals surface area contributed by atoms with Gasteiger partial charge in [-0.2, -0.15) is 0 Å². The molecule has 1 fully saturated rings. The molecule has 7 rings (SSSR count). The van der Waals surface area contributed by atoms with E-state index in [0.29, 0.717) is 44.5 Å². The van der Waals surface area contributed by atoms with Gasteiger partial charge in [0.2, 0.25) is 5.96 Å². The van der Waals surface area contributed by atoms with Crippen LogP contribution in [0.15, 0.2) is 117 Å². The zero-order valence-electron chi connectivity index (χ0n) is 27.3. The molecule has 14 heteroatoms. The third kappa shape index (κ3) is 5.88. The van der Waals surface area contributed by atoms with Crippen LogP contribution in [-0.2, 0) is 20.0 Å². The highest BCUT2D eigenvalue weighted by atomic mass is 32.2. The number of nitrogens with one attached hydrogen (secondary N) is 1. The number of amidine groups is 1. The summed E-state index contributed by atoms with van der Waals surface area (Å²) in [6.07, 6.45) is 0. The summed E-state index contributed by atoms with van der Waals surface area (Å²) in [6, 6.07) is 27.6. The second-order valence-corrected chi connectivity index (χ2v) is 15.7. The van der Waals surface area contributed by atoms with Crippen molar-refractivity contribution >= 4 is 64.8 Å². The molecule has 2 aliphatic heterocycles. The summed E-state index contributed by atoms with van der Waals surface area (Å²) in [6.45, 7) is 5.97. The van der Waals surface area contributed by atoms with E-state index in [1.807, 2.05) is 38.1 Å². The van der Waals surface area contributed by atoms with Gasteiger partial charge >= 0.3 is 0 Å². The molecule has 1 N–H and O–H groups in total. The maximum atomic E-state index is 14.0. The van der Waals surface area contributed by atoms with Gasteiger partial charge in [-0.15, -0.1) is 5.10 Å². The van der Waals surface area contributed by atoms with E-state index in [9.17, 15) is 22.7 Å². The highest BCUT2D eigenvalue weighted by Gasteiger charge is 2.36. The van der Waals surface area contributed by atoms with Crippen LogP contribution in [-0.4, -0.2) is 63.4 Å². The molecule has 0 aromatic heterocycles. The number of anilines is 2. The lowest BCUT2D eigenvalue weighted by Gasteiger charge is -2.29. The molecule has 0 amide bonds. The topological polar surface area (TPSA) is 140 Å². The van der Waals surface area contributed by atoms with Crippen LogP contribution in [0.5, 0.6) is 0 Å². The Morgan fingerprint density at radius 3 is 1.72 bits per heavy atom. The van der Waals surface area contributed by atoms with Crippen LogP contribution < -0.4 is 21.2 Å². The number of guanidine groups is 1. The second-order valence-electron chi connectivity index (χ2n) is 12.0. The lowest BCUT2D eigenvalue weighted by Crippen LogP contribution is -2.40. The van der Waals surface area contributed by atoms with Crippen LogP contribution in [0.2, 0.25) is 0 Å². The normalized spacial score (nSPS) is 15.9. The van der Waals surface area contributed by atoms with Crippen LogP contribution in [0.3, 0.4) is 0 Å². The Hall–Kier alpha value is -5.18. The van der Waals surface area contributed by atoms with Gasteiger partial charge in [0.1, 0.15) is 12.4 Å². The number of rotatable bonds is 9. The number of hydrazone groups is 1. The minimum absolute atomic E-state index is 0.0354. The molecule has 0 unspecified atom stereocenters. The molecule has 0 spiro atoms. The van der Waals surface area contributed by atoms with Crippen LogP contribution in [0.4, 0.5) is 11.4 Å². The standard InChI is InChI=1S/C36H33N8O4S2/c1-25-12-16-27(17-13-25)49(45,46)43-22-20-38-33(43)24-42(40-36-39-21-23-44(36)50(47,48)28-18-14-26(2)15-19-28)35-31-10-6-4-8-29(31)34(41(3)37)30-9-5-7-11-32(30)35/h3-19,24H,20-23H2,1-2H3,(H,39,40). The summed E-state index contributed by atoms with van der Waals surface area (Å²) < 4.78 is 58.2. The van der Waals surface area contributed by atoms with E-state index >= 15 is 0 Å². The van der Waals surface area contributed by atoms with Crippen LogP contribution in [0.1, 0.15) is 11.1 Å². The van der Waals surface area contributed by atoms with Crippen molar-refractivity contribution in [2.24, 2.45) is 10.1 Å². The summed E-state index contributed by atoms with van der Waals surface area (Å²) in [5.41, 5.74) is 2.67. The van der Waals surface area contributed by atoms with Crippen LogP contribution in [0.25, 0.3) is 21.5 Å². The first-order chi connectivity index (χ1) is 24.0. The van der Waals surface area contributed by atoms with Crippen molar-refractivity contribution in [3.05, 3.63) is 122 Å². The largest absolute Gasteiger partial charge is 0.352 e. The summed E-state index contributed by atoms with van der Waals surface area (Å²) in [5.74, 6) is 10.7. The minimum Gasteiger partial charge on any atom is -0.352 e. The molecule has 50 heavy (non-hydrogen) atoms. The zero-order chi connectivity index (χ0) is 35.2. The molecular formula is C36H33N8O4S2. The Labute approximate surface area is 292 Å². The van der Waals surface area contributed by atoms with Gasteiger partial charge < -0.3 is 5.32 Å². The fraction of sp³-hybridized carbons (Fsp3) is 0.167. The number of aryl methyl sites for hydroxylation is 2. The van der Waals surface area contributed by atoms with Crippen molar-refractivity contribution < 1.29 is 16.8 Å². The number of hydrogen-bond acceptors (Lipinski definition) is 8. The molecule has 5 radical (unpaired) electrons. The molecule has 0 bridgehead atoms. The molecule has 2 aliphatic rings. The molecular weight excluding hydrogens is 673 g/mol. The molecule has 5 aromatic rings. The van der Waals surface area contributed by atoms with Gasteiger partial charge in [-0.05, 0) is 44.0 Å². The van der Waals surface area contributed by atoms with E-state index in [2.05, 4.69) is 10.3 Å². The number of hydrogen-bond donors (Lipinski definition) is 1. The maximum Gasteiger partial charge on any atom is 0.266 e. The Kier molecular flexibility index (Phi) is 8.62. The SMILES string of the molecule is [CH]N([N])c1c2ccccc2c(N([CH]C2=NCCN2S(=O)(=O)c2ccc(C)cc2)N=C2NCCN2S(=O)(=O)c2ccc(C)cc2)c2ccccc12. The lowest BCUT2D eigenvalue weighted by molar-refractivity contribution is 0.537. The third-order valence-electron chi connectivity index (χ3n) is 8.66. The fourth-order valence-corrected chi connectivity index (χ4v) is 8.99. The quantitative estimate of drug-likeness (QED) is 0.101. The Bertz CT molecular complexity index is 2320.